The molecule has 0 radical (unpaired) electrons. The highest BCUT2D eigenvalue weighted by atomic mass is 16.7. The smallest absolute Gasteiger partial charge is 0.337 e. The normalized spacial score (nSPS) is 49.2. The van der Waals surface area contributed by atoms with Crippen molar-refractivity contribution in [3.63, 3.8) is 0 Å². The van der Waals surface area contributed by atoms with Crippen LogP contribution in [0.25, 0.3) is 0 Å². The molecule has 0 aromatic carbocycles. The summed E-state index contributed by atoms with van der Waals surface area (Å²) in [5.41, 5.74) is 0. The molecule has 2 saturated heterocycles. The van der Waals surface area contributed by atoms with Crippen LogP contribution in [0.5, 0.6) is 0 Å². The van der Waals surface area contributed by atoms with Crippen LogP contribution in [0.15, 0.2) is 0 Å². The van der Waals surface area contributed by atoms with Crippen molar-refractivity contribution in [1.82, 2.24) is 0 Å². The molecule has 0 amide bonds. The Morgan fingerprint density at radius 3 is 2.39 bits per heavy atom. The summed E-state index contributed by atoms with van der Waals surface area (Å²) in [6, 6.07) is 0. The molecule has 104 valence electrons. The summed E-state index contributed by atoms with van der Waals surface area (Å²) < 4.78 is 14.9. The van der Waals surface area contributed by atoms with E-state index in [1.54, 1.807) is 0 Å². The molecule has 0 saturated carbocycles. The Bertz CT molecular complexity index is 321. The minimum absolute atomic E-state index is 0.153. The number of carbonyl (C=O) groups excluding carboxylic acids is 1. The van der Waals surface area contributed by atoms with Gasteiger partial charge in [0.2, 0.25) is 0 Å². The fourth-order valence-electron chi connectivity index (χ4n) is 1.90. The van der Waals surface area contributed by atoms with Crippen molar-refractivity contribution < 1.29 is 39.4 Å². The third-order valence-electron chi connectivity index (χ3n) is 3.10. The summed E-state index contributed by atoms with van der Waals surface area (Å²) in [7, 11) is 0. The van der Waals surface area contributed by atoms with Crippen molar-refractivity contribution in [1.29, 1.82) is 0 Å². The van der Waals surface area contributed by atoms with Gasteiger partial charge in [0.15, 0.2) is 12.4 Å². The minimum atomic E-state index is -1.47. The van der Waals surface area contributed by atoms with Crippen molar-refractivity contribution in [3.05, 3.63) is 0 Å². The van der Waals surface area contributed by atoms with Gasteiger partial charge in [0.1, 0.15) is 31.0 Å². The number of aliphatic hydroxyl groups excluding tert-OH is 4. The van der Waals surface area contributed by atoms with Gasteiger partial charge in [-0.05, 0) is 6.92 Å². The molecular weight excluding hydrogens is 248 g/mol. The van der Waals surface area contributed by atoms with E-state index in [-0.39, 0.29) is 6.61 Å². The summed E-state index contributed by atoms with van der Waals surface area (Å²) in [6.07, 6.45) is -8.53. The Morgan fingerprint density at radius 2 is 1.83 bits per heavy atom. The fraction of sp³-hybridized carbons (Fsp3) is 0.900. The topological polar surface area (TPSA) is 126 Å². The number of rotatable bonds is 2. The highest BCUT2D eigenvalue weighted by Crippen LogP contribution is 2.24. The standard InChI is InChI=1S/C10H16O8/c1-3-5(11)7(13)8(14)10(17-3)18-4-2-16-9(15)6(4)12/h3-8,10-14H,2H2,1H3/t3-,4-,5-,6-,7+,8+,10?/m1/s1. The van der Waals surface area contributed by atoms with Gasteiger partial charge in [-0.3, -0.25) is 0 Å². The lowest BCUT2D eigenvalue weighted by Gasteiger charge is -2.39. The second-order valence-electron chi connectivity index (χ2n) is 4.43. The van der Waals surface area contributed by atoms with Crippen LogP contribution in [0.1, 0.15) is 6.92 Å². The fourth-order valence-corrected chi connectivity index (χ4v) is 1.90. The van der Waals surface area contributed by atoms with E-state index in [1.165, 1.54) is 6.92 Å². The first-order valence-electron chi connectivity index (χ1n) is 5.61. The van der Waals surface area contributed by atoms with Crippen LogP contribution < -0.4 is 0 Å². The largest absolute Gasteiger partial charge is 0.461 e. The first kappa shape index (κ1) is 13.7. The van der Waals surface area contributed by atoms with E-state index in [0.717, 1.165) is 0 Å². The van der Waals surface area contributed by atoms with Crippen molar-refractivity contribution in [2.45, 2.75) is 49.8 Å². The lowest BCUT2D eigenvalue weighted by molar-refractivity contribution is -0.307. The summed E-state index contributed by atoms with van der Waals surface area (Å²) in [5.74, 6) is -0.807. The Morgan fingerprint density at radius 1 is 1.17 bits per heavy atom. The van der Waals surface area contributed by atoms with Crippen LogP contribution in [-0.2, 0) is 19.0 Å². The van der Waals surface area contributed by atoms with E-state index in [0.29, 0.717) is 0 Å². The van der Waals surface area contributed by atoms with Crippen molar-refractivity contribution in [2.75, 3.05) is 6.61 Å². The van der Waals surface area contributed by atoms with Gasteiger partial charge in [-0.25, -0.2) is 4.79 Å². The lowest BCUT2D eigenvalue weighted by Crippen LogP contribution is -2.58. The number of hydrogen-bond donors (Lipinski definition) is 4. The van der Waals surface area contributed by atoms with Crippen LogP contribution in [0, 0.1) is 0 Å². The van der Waals surface area contributed by atoms with Crippen LogP contribution >= 0.6 is 0 Å². The van der Waals surface area contributed by atoms with Crippen LogP contribution in [0.4, 0.5) is 0 Å². The van der Waals surface area contributed by atoms with Crippen LogP contribution in [0.2, 0.25) is 0 Å². The Labute approximate surface area is 103 Å². The summed E-state index contributed by atoms with van der Waals surface area (Å²) in [6.45, 7) is 1.35. The molecule has 4 N–H and O–H groups in total. The molecular formula is C10H16O8. The summed E-state index contributed by atoms with van der Waals surface area (Å²) >= 11 is 0. The molecule has 2 rings (SSSR count). The zero-order chi connectivity index (χ0) is 13.4. The molecule has 2 heterocycles. The third-order valence-corrected chi connectivity index (χ3v) is 3.10. The second kappa shape index (κ2) is 5.08. The number of hydrogen-bond acceptors (Lipinski definition) is 8. The summed E-state index contributed by atoms with van der Waals surface area (Å²) in [4.78, 5) is 10.9. The maximum absolute atomic E-state index is 10.9. The number of ether oxygens (including phenoxy) is 3. The van der Waals surface area contributed by atoms with E-state index in [1.807, 2.05) is 0 Å². The van der Waals surface area contributed by atoms with Crippen LogP contribution in [-0.4, -0.2) is 75.9 Å². The predicted octanol–water partition coefficient (Wildman–Crippen LogP) is -2.88. The maximum Gasteiger partial charge on any atom is 0.337 e. The highest BCUT2D eigenvalue weighted by Gasteiger charge is 2.46. The molecule has 2 fully saturated rings. The van der Waals surface area contributed by atoms with Gasteiger partial charge >= 0.3 is 5.97 Å². The molecule has 0 spiro atoms. The van der Waals surface area contributed by atoms with Gasteiger partial charge in [0.25, 0.3) is 0 Å². The molecule has 2 aliphatic heterocycles. The second-order valence-corrected chi connectivity index (χ2v) is 4.43. The Kier molecular flexibility index (Phi) is 3.85. The van der Waals surface area contributed by atoms with E-state index in [2.05, 4.69) is 4.74 Å². The molecule has 0 aromatic rings. The zero-order valence-electron chi connectivity index (χ0n) is 9.67. The molecule has 18 heavy (non-hydrogen) atoms. The number of aliphatic hydroxyl groups is 4. The number of cyclic esters (lactones) is 1. The first-order valence-corrected chi connectivity index (χ1v) is 5.61. The number of esters is 1. The molecule has 8 heteroatoms. The molecule has 8 nitrogen and oxygen atoms in total. The van der Waals surface area contributed by atoms with Gasteiger partial charge < -0.3 is 34.6 Å². The van der Waals surface area contributed by atoms with E-state index < -0.39 is 48.9 Å². The van der Waals surface area contributed by atoms with Crippen molar-refractivity contribution >= 4 is 5.97 Å². The van der Waals surface area contributed by atoms with Gasteiger partial charge in [0.05, 0.1) is 6.10 Å². The molecule has 1 unspecified atom stereocenters. The average molecular weight is 264 g/mol. The Hall–Kier alpha value is -0.770. The third kappa shape index (κ3) is 2.35. The van der Waals surface area contributed by atoms with Crippen molar-refractivity contribution in [3.8, 4) is 0 Å². The minimum Gasteiger partial charge on any atom is -0.461 e. The molecule has 0 aliphatic carbocycles. The van der Waals surface area contributed by atoms with Gasteiger partial charge in [-0.1, -0.05) is 0 Å². The van der Waals surface area contributed by atoms with Gasteiger partial charge in [0, 0.05) is 0 Å². The van der Waals surface area contributed by atoms with Crippen molar-refractivity contribution in [2.24, 2.45) is 0 Å². The quantitative estimate of drug-likeness (QED) is 0.392. The lowest BCUT2D eigenvalue weighted by atomic mass is 10.00. The SMILES string of the molecule is C[C@H]1OC(O[C@@H]2COC(=O)[C@@H]2O)[C@@H](O)[C@@H](O)[C@@H]1O. The van der Waals surface area contributed by atoms with Gasteiger partial charge in [-0.2, -0.15) is 0 Å². The number of carbonyl (C=O) groups is 1. The first-order chi connectivity index (χ1) is 8.41. The Balaban J connectivity index is 1.99. The van der Waals surface area contributed by atoms with E-state index >= 15 is 0 Å². The zero-order valence-corrected chi connectivity index (χ0v) is 9.67. The van der Waals surface area contributed by atoms with Crippen LogP contribution in [0.3, 0.4) is 0 Å². The molecule has 0 aromatic heterocycles. The summed E-state index contributed by atoms with van der Waals surface area (Å²) in [5, 5.41) is 38.1. The van der Waals surface area contributed by atoms with Gasteiger partial charge in [-0.15, -0.1) is 0 Å². The average Bonchev–Trinajstić information content (AvgIpc) is 2.65. The molecule has 2 aliphatic rings. The molecule has 0 bridgehead atoms. The monoisotopic (exact) mass is 264 g/mol. The predicted molar refractivity (Wildman–Crippen MR) is 54.2 cm³/mol. The van der Waals surface area contributed by atoms with E-state index in [9.17, 15) is 25.2 Å². The highest BCUT2D eigenvalue weighted by molar-refractivity contribution is 5.77. The molecule has 7 atom stereocenters. The van der Waals surface area contributed by atoms with E-state index in [4.69, 9.17) is 9.47 Å². The maximum atomic E-state index is 10.9.